The zero-order valence-corrected chi connectivity index (χ0v) is 38.9. The second kappa shape index (κ2) is 48.3. The summed E-state index contributed by atoms with van der Waals surface area (Å²) in [5, 5.41) is 0. The van der Waals surface area contributed by atoms with Gasteiger partial charge in [0, 0.05) is 19.3 Å². The summed E-state index contributed by atoms with van der Waals surface area (Å²) in [6, 6.07) is 0. The molecule has 0 radical (unpaired) electrons. The van der Waals surface area contributed by atoms with E-state index >= 15 is 0 Å². The van der Waals surface area contributed by atoms with Gasteiger partial charge < -0.3 is 14.2 Å². The van der Waals surface area contributed by atoms with Crippen molar-refractivity contribution in [1.29, 1.82) is 0 Å². The highest BCUT2D eigenvalue weighted by Crippen LogP contribution is 2.14. The van der Waals surface area contributed by atoms with E-state index < -0.39 is 6.10 Å². The molecule has 0 heterocycles. The molecule has 0 N–H and O–H groups in total. The molecule has 0 aliphatic heterocycles. The van der Waals surface area contributed by atoms with Gasteiger partial charge >= 0.3 is 17.9 Å². The summed E-state index contributed by atoms with van der Waals surface area (Å²) in [5.41, 5.74) is 0. The molecule has 0 aliphatic rings. The molecule has 0 aromatic heterocycles. The number of carbonyl (C=O) groups excluding carboxylic acids is 3. The normalized spacial score (nSPS) is 12.8. The Morgan fingerprint density at radius 3 is 1.27 bits per heavy atom. The number of ether oxygens (including phenoxy) is 3. The van der Waals surface area contributed by atoms with Crippen LogP contribution in [0.5, 0.6) is 0 Å². The molecule has 0 saturated heterocycles. The summed E-state index contributed by atoms with van der Waals surface area (Å²) < 4.78 is 16.7. The summed E-state index contributed by atoms with van der Waals surface area (Å²) >= 11 is 0. The lowest BCUT2D eigenvalue weighted by molar-refractivity contribution is -0.166. The van der Waals surface area contributed by atoms with E-state index in [0.717, 1.165) is 64.2 Å². The molecule has 0 aromatic rings. The van der Waals surface area contributed by atoms with E-state index in [1.807, 2.05) is 54.7 Å². The van der Waals surface area contributed by atoms with Gasteiger partial charge in [-0.15, -0.1) is 0 Å². The van der Waals surface area contributed by atoms with Gasteiger partial charge in [0.1, 0.15) is 13.2 Å². The van der Waals surface area contributed by atoms with E-state index in [4.69, 9.17) is 14.2 Å². The fourth-order valence-corrected chi connectivity index (χ4v) is 6.57. The Kier molecular flexibility index (Phi) is 45.5. The quantitative estimate of drug-likeness (QED) is 0.0200. The Bertz CT molecular complexity index is 1190. The first-order valence-electron chi connectivity index (χ1n) is 24.7. The first-order chi connectivity index (χ1) is 29.5. The van der Waals surface area contributed by atoms with Crippen molar-refractivity contribution < 1.29 is 28.6 Å². The van der Waals surface area contributed by atoms with E-state index in [0.29, 0.717) is 19.3 Å². The Hall–Kier alpha value is -3.41. The molecule has 60 heavy (non-hydrogen) atoms. The third kappa shape index (κ3) is 45.7. The number of unbranched alkanes of at least 4 members (excludes halogenated alkanes) is 22. The zero-order chi connectivity index (χ0) is 43.7. The SMILES string of the molecule is CC/C=C/C=C/C=C/C=C/C=C/CCCCCC(=O)OCC(COC(=O)CC/C=C/C/C=C/CCCCCCCC)OC(=O)CCCCCCCCCCCCCCCC. The third-order valence-corrected chi connectivity index (χ3v) is 10.3. The molecule has 0 aromatic carbocycles. The van der Waals surface area contributed by atoms with Gasteiger partial charge in [-0.1, -0.05) is 228 Å². The molecule has 6 nitrogen and oxygen atoms in total. The van der Waals surface area contributed by atoms with Crippen LogP contribution >= 0.6 is 0 Å². The lowest BCUT2D eigenvalue weighted by Crippen LogP contribution is -2.30. The highest BCUT2D eigenvalue weighted by molar-refractivity contribution is 5.71. The minimum atomic E-state index is -0.814. The van der Waals surface area contributed by atoms with Crippen LogP contribution in [0.4, 0.5) is 0 Å². The summed E-state index contributed by atoms with van der Waals surface area (Å²) in [6.07, 6.45) is 61.5. The van der Waals surface area contributed by atoms with Gasteiger partial charge in [-0.05, 0) is 57.8 Å². The summed E-state index contributed by atoms with van der Waals surface area (Å²) in [4.78, 5) is 37.8. The first kappa shape index (κ1) is 56.6. The first-order valence-corrected chi connectivity index (χ1v) is 24.7. The highest BCUT2D eigenvalue weighted by Gasteiger charge is 2.19. The van der Waals surface area contributed by atoms with Gasteiger partial charge in [0.05, 0.1) is 0 Å². The van der Waals surface area contributed by atoms with Crippen LogP contribution in [0.1, 0.15) is 220 Å². The smallest absolute Gasteiger partial charge is 0.306 e. The maximum absolute atomic E-state index is 12.8. The van der Waals surface area contributed by atoms with Crippen LogP contribution in [-0.2, 0) is 28.6 Å². The van der Waals surface area contributed by atoms with Gasteiger partial charge in [-0.2, -0.15) is 0 Å². The van der Waals surface area contributed by atoms with Crippen molar-refractivity contribution in [2.24, 2.45) is 0 Å². The molecule has 0 bridgehead atoms. The second-order valence-corrected chi connectivity index (χ2v) is 16.1. The van der Waals surface area contributed by atoms with E-state index in [9.17, 15) is 14.4 Å². The minimum Gasteiger partial charge on any atom is -0.462 e. The fourth-order valence-electron chi connectivity index (χ4n) is 6.57. The van der Waals surface area contributed by atoms with Crippen molar-refractivity contribution >= 4 is 17.9 Å². The van der Waals surface area contributed by atoms with Crippen LogP contribution < -0.4 is 0 Å². The average Bonchev–Trinajstić information content (AvgIpc) is 3.24. The molecule has 0 amide bonds. The van der Waals surface area contributed by atoms with E-state index in [1.165, 1.54) is 109 Å². The van der Waals surface area contributed by atoms with Crippen LogP contribution in [-0.4, -0.2) is 37.2 Å². The molecule has 0 spiro atoms. The van der Waals surface area contributed by atoms with E-state index in [2.05, 4.69) is 51.2 Å². The van der Waals surface area contributed by atoms with Gasteiger partial charge in [0.25, 0.3) is 0 Å². The topological polar surface area (TPSA) is 78.9 Å². The van der Waals surface area contributed by atoms with Gasteiger partial charge in [0.2, 0.25) is 0 Å². The minimum absolute atomic E-state index is 0.115. The lowest BCUT2D eigenvalue weighted by atomic mass is 10.0. The molecular weight excluding hydrogens is 745 g/mol. The van der Waals surface area contributed by atoms with Crippen LogP contribution in [0.2, 0.25) is 0 Å². The van der Waals surface area contributed by atoms with Crippen molar-refractivity contribution in [3.63, 3.8) is 0 Å². The monoisotopic (exact) mass is 835 g/mol. The fraction of sp³-hybridized carbons (Fsp3) is 0.685. The molecular formula is C54H90O6. The van der Waals surface area contributed by atoms with Gasteiger partial charge in [-0.3, -0.25) is 14.4 Å². The van der Waals surface area contributed by atoms with Gasteiger partial charge in [-0.25, -0.2) is 0 Å². The average molecular weight is 835 g/mol. The maximum atomic E-state index is 12.8. The van der Waals surface area contributed by atoms with E-state index in [1.54, 1.807) is 0 Å². The lowest BCUT2D eigenvalue weighted by Gasteiger charge is -2.18. The van der Waals surface area contributed by atoms with Crippen molar-refractivity contribution in [2.75, 3.05) is 13.2 Å². The largest absolute Gasteiger partial charge is 0.462 e. The number of allylic oxidation sites excluding steroid dienone is 14. The number of esters is 3. The molecule has 0 fully saturated rings. The molecule has 6 heteroatoms. The second-order valence-electron chi connectivity index (χ2n) is 16.1. The van der Waals surface area contributed by atoms with Crippen LogP contribution in [0.15, 0.2) is 85.1 Å². The van der Waals surface area contributed by atoms with Crippen LogP contribution in [0.3, 0.4) is 0 Å². The third-order valence-electron chi connectivity index (χ3n) is 10.3. The van der Waals surface area contributed by atoms with Crippen molar-refractivity contribution in [1.82, 2.24) is 0 Å². The maximum Gasteiger partial charge on any atom is 0.306 e. The number of rotatable bonds is 43. The number of hydrogen-bond donors (Lipinski definition) is 0. The molecule has 0 saturated carbocycles. The molecule has 342 valence electrons. The zero-order valence-electron chi connectivity index (χ0n) is 38.9. The van der Waals surface area contributed by atoms with Crippen molar-refractivity contribution in [3.05, 3.63) is 85.1 Å². The summed E-state index contributed by atoms with van der Waals surface area (Å²) in [7, 11) is 0. The Labute approximate surface area is 369 Å². The Morgan fingerprint density at radius 2 is 0.750 bits per heavy atom. The van der Waals surface area contributed by atoms with E-state index in [-0.39, 0.29) is 37.5 Å². The Balaban J connectivity index is 4.53. The summed E-state index contributed by atoms with van der Waals surface area (Å²) in [5.74, 6) is -1.02. The molecule has 0 rings (SSSR count). The van der Waals surface area contributed by atoms with Crippen molar-refractivity contribution in [2.45, 2.75) is 226 Å². The predicted octanol–water partition coefficient (Wildman–Crippen LogP) is 16.0. The van der Waals surface area contributed by atoms with Crippen LogP contribution in [0.25, 0.3) is 0 Å². The Morgan fingerprint density at radius 1 is 0.367 bits per heavy atom. The summed E-state index contributed by atoms with van der Waals surface area (Å²) in [6.45, 7) is 6.39. The number of hydrogen-bond acceptors (Lipinski definition) is 6. The molecule has 1 unspecified atom stereocenters. The van der Waals surface area contributed by atoms with Gasteiger partial charge in [0.15, 0.2) is 6.10 Å². The molecule has 1 atom stereocenters. The predicted molar refractivity (Wildman–Crippen MR) is 256 cm³/mol. The molecule has 0 aliphatic carbocycles. The highest BCUT2D eigenvalue weighted by atomic mass is 16.6. The standard InChI is InChI=1S/C54H90O6/c1-4-7-10-13-16-19-22-25-27-30-32-35-38-41-44-47-53(56)59-50-51(49-58-52(55)46-43-40-37-34-31-28-24-21-18-15-12-9-6-3)60-54(57)48-45-42-39-36-33-29-26-23-20-17-14-11-8-5-2/h7,10,13,16,19,22,25,27-28,30-32,37,40,51H,4-6,8-9,11-12,14-15,17-18,20-21,23-24,26,29,33-36,38-39,41-50H2,1-3H3/b10-7+,16-13+,22-19+,27-25+,31-28+,32-30+,40-37+. The van der Waals surface area contributed by atoms with Crippen molar-refractivity contribution in [3.8, 4) is 0 Å². The van der Waals surface area contributed by atoms with Crippen LogP contribution in [0, 0.1) is 0 Å². The number of carbonyl (C=O) groups is 3.